The van der Waals surface area contributed by atoms with Crippen LogP contribution in [0, 0.1) is 0 Å². The van der Waals surface area contributed by atoms with Crippen molar-refractivity contribution in [2.75, 3.05) is 18.6 Å². The first kappa shape index (κ1) is 23.3. The number of aromatic nitrogens is 4. The summed E-state index contributed by atoms with van der Waals surface area (Å²) < 4.78 is 47.5. The molecule has 3 rings (SSSR count). The largest absolute Gasteiger partial charge is 0.463 e. The molecule has 4 unspecified atom stereocenters. The van der Waals surface area contributed by atoms with E-state index in [0.29, 0.717) is 0 Å². The number of fused-ring (bicyclic) bond motifs is 1. The quantitative estimate of drug-likeness (QED) is 0.404. The fourth-order valence-corrected chi connectivity index (χ4v) is 4.10. The third-order valence-corrected chi connectivity index (χ3v) is 5.35. The average molecular weight is 471 g/mol. The van der Waals surface area contributed by atoms with Crippen LogP contribution in [-0.4, -0.2) is 77.0 Å². The van der Waals surface area contributed by atoms with Crippen LogP contribution in [0.3, 0.4) is 0 Å². The zero-order chi connectivity index (χ0) is 23.8. The number of carbonyl (C=O) groups excluding carboxylic acids is 3. The first-order valence-corrected chi connectivity index (χ1v) is 11.1. The first-order valence-electron chi connectivity index (χ1n) is 9.22. The van der Waals surface area contributed by atoms with Crippen LogP contribution in [0.15, 0.2) is 11.5 Å². The Hall–Kier alpha value is -3.33. The highest BCUT2D eigenvalue weighted by Crippen LogP contribution is 2.38. The van der Waals surface area contributed by atoms with Crippen molar-refractivity contribution in [1.29, 1.82) is 0 Å². The van der Waals surface area contributed by atoms with E-state index >= 15 is 0 Å². The average Bonchev–Trinajstić information content (AvgIpc) is 3.19. The van der Waals surface area contributed by atoms with Gasteiger partial charge in [-0.15, -0.1) is 0 Å². The minimum atomic E-state index is -3.97. The van der Waals surface area contributed by atoms with Crippen LogP contribution in [0.5, 0.6) is 0 Å². The van der Waals surface area contributed by atoms with Crippen LogP contribution in [0.1, 0.15) is 27.0 Å². The Bertz CT molecular complexity index is 1180. The molecule has 174 valence electrons. The number of nitrogen functional groups attached to an aromatic ring is 1. The smallest absolute Gasteiger partial charge is 0.303 e. The molecule has 0 spiro atoms. The molecule has 2 aromatic rings. The van der Waals surface area contributed by atoms with Crippen LogP contribution in [0.4, 0.5) is 5.82 Å². The lowest BCUT2D eigenvalue weighted by atomic mass is 10.1. The van der Waals surface area contributed by atoms with Gasteiger partial charge in [-0.2, -0.15) is 0 Å². The van der Waals surface area contributed by atoms with Gasteiger partial charge in [-0.1, -0.05) is 0 Å². The third kappa shape index (κ3) is 4.62. The molecule has 0 saturated carbocycles. The van der Waals surface area contributed by atoms with Crippen molar-refractivity contribution in [2.24, 2.45) is 0 Å². The summed E-state index contributed by atoms with van der Waals surface area (Å²) in [6.45, 7) is 3.05. The van der Waals surface area contributed by atoms with Crippen molar-refractivity contribution in [3.05, 3.63) is 6.33 Å². The van der Waals surface area contributed by atoms with Gasteiger partial charge in [-0.05, 0) is 0 Å². The molecule has 3 heterocycles. The first-order chi connectivity index (χ1) is 14.9. The Kier molecular flexibility index (Phi) is 6.32. The Morgan fingerprint density at radius 1 is 1.09 bits per heavy atom. The predicted molar refractivity (Wildman–Crippen MR) is 104 cm³/mol. The highest BCUT2D eigenvalue weighted by molar-refractivity contribution is 7.90. The molecule has 1 aliphatic rings. The van der Waals surface area contributed by atoms with Gasteiger partial charge in [0, 0.05) is 27.0 Å². The van der Waals surface area contributed by atoms with Crippen molar-refractivity contribution in [3.8, 4) is 0 Å². The molecule has 0 amide bonds. The molecule has 4 atom stereocenters. The van der Waals surface area contributed by atoms with Gasteiger partial charge in [0.05, 0.1) is 0 Å². The molecule has 14 nitrogen and oxygen atoms in total. The fourth-order valence-electron chi connectivity index (χ4n) is 3.30. The lowest BCUT2D eigenvalue weighted by Gasteiger charge is -2.24. The predicted octanol–water partition coefficient (Wildman–Crippen LogP) is -0.864. The number of anilines is 1. The van der Waals surface area contributed by atoms with E-state index in [1.165, 1.54) is 6.92 Å². The second kappa shape index (κ2) is 8.66. The highest BCUT2D eigenvalue weighted by Gasteiger charge is 2.52. The van der Waals surface area contributed by atoms with E-state index in [2.05, 4.69) is 15.0 Å². The molecular weight excluding hydrogens is 450 g/mol. The van der Waals surface area contributed by atoms with E-state index in [4.69, 9.17) is 24.7 Å². The van der Waals surface area contributed by atoms with E-state index in [-0.39, 0.29) is 23.6 Å². The Morgan fingerprint density at radius 2 is 1.72 bits per heavy atom. The number of sulfone groups is 1. The van der Waals surface area contributed by atoms with E-state index in [1.807, 2.05) is 0 Å². The maximum Gasteiger partial charge on any atom is 0.303 e. The molecule has 2 aromatic heterocycles. The monoisotopic (exact) mass is 471 g/mol. The Morgan fingerprint density at radius 3 is 2.28 bits per heavy atom. The zero-order valence-electron chi connectivity index (χ0n) is 17.5. The summed E-state index contributed by atoms with van der Waals surface area (Å²) in [5, 5.41) is -0.489. The normalized spacial score (nSPS) is 23.1. The standard InChI is InChI=1S/C17H21N5O9S/c1-7(23)28-5-10-12(29-8(2)24)13(30-9(3)25)16(31-10)22-15-11(14(18)19-6-20-15)21-17(22)32(4,26)27/h6,10,12-13,16H,5H2,1-4H3,(H2,18,19,20). The van der Waals surface area contributed by atoms with Crippen LogP contribution in [0.2, 0.25) is 0 Å². The lowest BCUT2D eigenvalue weighted by molar-refractivity contribution is -0.166. The minimum Gasteiger partial charge on any atom is -0.463 e. The minimum absolute atomic E-state index is 0.0187. The van der Waals surface area contributed by atoms with Gasteiger partial charge in [0.15, 0.2) is 35.4 Å². The number of rotatable bonds is 6. The van der Waals surface area contributed by atoms with Crippen molar-refractivity contribution in [1.82, 2.24) is 19.5 Å². The number of hydrogen-bond donors (Lipinski definition) is 1. The molecule has 1 aliphatic heterocycles. The van der Waals surface area contributed by atoms with Gasteiger partial charge in [-0.3, -0.25) is 19.0 Å². The molecule has 0 aliphatic carbocycles. The molecule has 1 fully saturated rings. The summed E-state index contributed by atoms with van der Waals surface area (Å²) in [7, 11) is -3.97. The number of imidazole rings is 1. The maximum atomic E-state index is 12.5. The highest BCUT2D eigenvalue weighted by atomic mass is 32.2. The molecule has 0 radical (unpaired) electrons. The second-order valence-corrected chi connectivity index (χ2v) is 8.89. The summed E-state index contributed by atoms with van der Waals surface area (Å²) in [5.41, 5.74) is 5.78. The maximum absolute atomic E-state index is 12.5. The molecule has 15 heteroatoms. The summed E-state index contributed by atoms with van der Waals surface area (Å²) in [6.07, 6.45) is -3.02. The van der Waals surface area contributed by atoms with Gasteiger partial charge < -0.3 is 24.7 Å². The van der Waals surface area contributed by atoms with Gasteiger partial charge in [0.1, 0.15) is 19.0 Å². The second-order valence-electron chi connectivity index (χ2n) is 6.98. The van der Waals surface area contributed by atoms with Crippen LogP contribution in [0.25, 0.3) is 11.2 Å². The topological polar surface area (TPSA) is 192 Å². The van der Waals surface area contributed by atoms with Crippen molar-refractivity contribution < 1.29 is 41.7 Å². The van der Waals surface area contributed by atoms with Crippen molar-refractivity contribution in [2.45, 2.75) is 50.5 Å². The number of ether oxygens (including phenoxy) is 4. The number of nitrogens with zero attached hydrogens (tertiary/aromatic N) is 4. The van der Waals surface area contributed by atoms with Gasteiger partial charge in [-0.25, -0.2) is 23.4 Å². The Labute approximate surface area is 181 Å². The number of hydrogen-bond acceptors (Lipinski definition) is 13. The van der Waals surface area contributed by atoms with E-state index < -0.39 is 57.4 Å². The van der Waals surface area contributed by atoms with Crippen LogP contribution in [-0.2, 0) is 43.2 Å². The van der Waals surface area contributed by atoms with Crippen molar-refractivity contribution >= 4 is 44.7 Å². The molecule has 32 heavy (non-hydrogen) atoms. The molecule has 0 bridgehead atoms. The Balaban J connectivity index is 2.20. The van der Waals surface area contributed by atoms with Gasteiger partial charge in [0.2, 0.25) is 15.0 Å². The zero-order valence-corrected chi connectivity index (χ0v) is 18.4. The number of carbonyl (C=O) groups is 3. The molecular formula is C17H21N5O9S. The number of esters is 3. The lowest BCUT2D eigenvalue weighted by Crippen LogP contribution is -2.40. The van der Waals surface area contributed by atoms with Crippen LogP contribution >= 0.6 is 0 Å². The fraction of sp³-hybridized carbons (Fsp3) is 0.529. The van der Waals surface area contributed by atoms with E-state index in [0.717, 1.165) is 31.0 Å². The van der Waals surface area contributed by atoms with Gasteiger partial charge in [0.25, 0.3) is 0 Å². The summed E-state index contributed by atoms with van der Waals surface area (Å²) in [6, 6.07) is 0. The van der Waals surface area contributed by atoms with E-state index in [1.54, 1.807) is 0 Å². The third-order valence-electron chi connectivity index (χ3n) is 4.40. The molecule has 1 saturated heterocycles. The molecule has 2 N–H and O–H groups in total. The van der Waals surface area contributed by atoms with Crippen molar-refractivity contribution in [3.63, 3.8) is 0 Å². The SMILES string of the molecule is CC(=O)OCC1OC(n2c(S(C)(=O)=O)nc3c(N)ncnc32)C(OC(C)=O)C1OC(C)=O. The van der Waals surface area contributed by atoms with E-state index in [9.17, 15) is 22.8 Å². The summed E-state index contributed by atoms with van der Waals surface area (Å²) >= 11 is 0. The van der Waals surface area contributed by atoms with Crippen LogP contribution < -0.4 is 5.73 Å². The summed E-state index contributed by atoms with van der Waals surface area (Å²) in [4.78, 5) is 46.7. The van der Waals surface area contributed by atoms with Gasteiger partial charge >= 0.3 is 17.9 Å². The molecule has 0 aromatic carbocycles. The number of nitrogens with two attached hydrogens (primary N) is 1. The summed E-state index contributed by atoms with van der Waals surface area (Å²) in [5.74, 6) is -2.20.